The van der Waals surface area contributed by atoms with Crippen molar-refractivity contribution in [3.05, 3.63) is 54.5 Å². The molecule has 0 saturated heterocycles. The Hall–Kier alpha value is -2.98. The fourth-order valence-electron chi connectivity index (χ4n) is 2.91. The summed E-state index contributed by atoms with van der Waals surface area (Å²) >= 11 is 0. The van der Waals surface area contributed by atoms with Gasteiger partial charge in [0.25, 0.3) is 0 Å². The molecule has 0 aliphatic heterocycles. The van der Waals surface area contributed by atoms with Crippen LogP contribution in [0, 0.1) is 0 Å². The first-order valence-corrected chi connectivity index (χ1v) is 8.83. The number of fused-ring (bicyclic) bond motifs is 1. The third kappa shape index (κ3) is 3.00. The zero-order valence-electron chi connectivity index (χ0n) is 14.2. The first-order valence-electron chi connectivity index (χ1n) is 8.26. The average Bonchev–Trinajstić information content (AvgIpc) is 2.67. The number of aryl methyl sites for hydroxylation is 1. The number of aromatic nitrogens is 5. The largest absolute Gasteiger partial charge is 0.366 e. The zero-order chi connectivity index (χ0) is 18.1. The predicted octanol–water partition coefficient (Wildman–Crippen LogP) is 2.79. The number of nitrogens with two attached hydrogens (primary N) is 1. The Balaban J connectivity index is 1.93. The van der Waals surface area contributed by atoms with E-state index in [0.29, 0.717) is 11.4 Å². The van der Waals surface area contributed by atoms with E-state index in [1.807, 2.05) is 42.5 Å². The number of benzene rings is 2. The van der Waals surface area contributed by atoms with Crippen LogP contribution < -0.4 is 11.0 Å². The van der Waals surface area contributed by atoms with Crippen LogP contribution in [-0.4, -0.2) is 25.1 Å². The molecule has 26 heavy (non-hydrogen) atoms. The van der Waals surface area contributed by atoms with Gasteiger partial charge in [0.15, 0.2) is 0 Å². The van der Waals surface area contributed by atoms with Gasteiger partial charge in [0.05, 0.1) is 11.2 Å². The molecule has 0 radical (unpaired) electrons. The molecule has 1 unspecified atom stereocenters. The highest BCUT2D eigenvalue weighted by Crippen LogP contribution is 2.30. The fraction of sp³-hybridized carbons (Fsp3) is 0.105. The Morgan fingerprint density at radius 2 is 1.69 bits per heavy atom. The Labute approximate surface area is 153 Å². The van der Waals surface area contributed by atoms with Crippen molar-refractivity contribution >= 4 is 31.4 Å². The van der Waals surface area contributed by atoms with Gasteiger partial charge in [-0.25, -0.2) is 15.0 Å². The molecule has 0 amide bonds. The van der Waals surface area contributed by atoms with Crippen LogP contribution in [0.1, 0.15) is 12.6 Å². The van der Waals surface area contributed by atoms with E-state index in [9.17, 15) is 0 Å². The fourth-order valence-corrected chi connectivity index (χ4v) is 3.11. The molecule has 0 aliphatic rings. The summed E-state index contributed by atoms with van der Waals surface area (Å²) in [4.78, 5) is 13.2. The van der Waals surface area contributed by atoms with Gasteiger partial charge in [-0.1, -0.05) is 37.3 Å². The Bertz CT molecular complexity index is 1090. The second-order valence-corrected chi connectivity index (χ2v) is 6.56. The summed E-state index contributed by atoms with van der Waals surface area (Å²) in [5.74, 6) is 0.150. The lowest BCUT2D eigenvalue weighted by atomic mass is 10.0. The number of anilines is 1. The SMILES string of the molecule is CCc1ncnc2ccc(-c3nnc(N)nc3-c3ccc(P)cc3)cc12. The number of hydrogen-bond donors (Lipinski definition) is 1. The van der Waals surface area contributed by atoms with E-state index in [4.69, 9.17) is 5.73 Å². The van der Waals surface area contributed by atoms with Gasteiger partial charge < -0.3 is 5.73 Å². The summed E-state index contributed by atoms with van der Waals surface area (Å²) < 4.78 is 0. The summed E-state index contributed by atoms with van der Waals surface area (Å²) in [6.07, 6.45) is 2.43. The molecule has 0 spiro atoms. The molecule has 1 atom stereocenters. The monoisotopic (exact) mass is 360 g/mol. The van der Waals surface area contributed by atoms with Gasteiger partial charge in [0.1, 0.15) is 17.7 Å². The molecule has 2 aromatic carbocycles. The second kappa shape index (κ2) is 6.73. The Kier molecular flexibility index (Phi) is 4.27. The van der Waals surface area contributed by atoms with Gasteiger partial charge >= 0.3 is 0 Å². The minimum absolute atomic E-state index is 0.150. The molecule has 2 N–H and O–H groups in total. The van der Waals surface area contributed by atoms with Crippen molar-refractivity contribution in [1.29, 1.82) is 0 Å². The molecule has 4 rings (SSSR count). The average molecular weight is 360 g/mol. The summed E-state index contributed by atoms with van der Waals surface area (Å²) in [6.45, 7) is 2.08. The normalized spacial score (nSPS) is 11.0. The minimum atomic E-state index is 0.150. The molecule has 0 aliphatic carbocycles. The zero-order valence-corrected chi connectivity index (χ0v) is 15.4. The number of hydrogen-bond acceptors (Lipinski definition) is 6. The van der Waals surface area contributed by atoms with Crippen LogP contribution in [0.25, 0.3) is 33.4 Å². The van der Waals surface area contributed by atoms with Crippen LogP contribution in [0.5, 0.6) is 0 Å². The van der Waals surface area contributed by atoms with E-state index in [1.165, 1.54) is 0 Å². The van der Waals surface area contributed by atoms with Crippen molar-refractivity contribution in [2.75, 3.05) is 5.73 Å². The third-order valence-corrected chi connectivity index (χ3v) is 4.60. The number of rotatable bonds is 3. The highest BCUT2D eigenvalue weighted by Gasteiger charge is 2.14. The highest BCUT2D eigenvalue weighted by molar-refractivity contribution is 7.27. The maximum absolute atomic E-state index is 5.80. The van der Waals surface area contributed by atoms with Gasteiger partial charge in [-0.15, -0.1) is 19.4 Å². The minimum Gasteiger partial charge on any atom is -0.366 e. The first kappa shape index (κ1) is 16.5. The van der Waals surface area contributed by atoms with Gasteiger partial charge in [-0.2, -0.15) is 0 Å². The molecule has 0 saturated carbocycles. The molecule has 2 heterocycles. The van der Waals surface area contributed by atoms with E-state index >= 15 is 0 Å². The standard InChI is InChI=1S/C19H17N6P/c1-2-15-14-9-12(5-8-16(14)22-10-21-15)18-17(23-19(20)25-24-18)11-3-6-13(26)7-4-11/h3-10H,2,26H2,1H3,(H2,20,23,25). The Morgan fingerprint density at radius 1 is 0.923 bits per heavy atom. The van der Waals surface area contributed by atoms with Crippen molar-refractivity contribution in [2.24, 2.45) is 0 Å². The summed E-state index contributed by atoms with van der Waals surface area (Å²) in [7, 11) is 2.67. The van der Waals surface area contributed by atoms with E-state index in [-0.39, 0.29) is 5.95 Å². The van der Waals surface area contributed by atoms with Gasteiger partial charge in [0, 0.05) is 16.5 Å². The molecule has 6 nitrogen and oxygen atoms in total. The molecule has 7 heteroatoms. The lowest BCUT2D eigenvalue weighted by molar-refractivity contribution is 0.997. The quantitative estimate of drug-likeness (QED) is 0.565. The lowest BCUT2D eigenvalue weighted by Crippen LogP contribution is -2.03. The van der Waals surface area contributed by atoms with E-state index in [1.54, 1.807) is 6.33 Å². The molecule has 4 aromatic rings. The molecule has 0 fully saturated rings. The number of nitrogens with zero attached hydrogens (tertiary/aromatic N) is 5. The molecule has 0 bridgehead atoms. The van der Waals surface area contributed by atoms with Crippen molar-refractivity contribution in [3.63, 3.8) is 0 Å². The lowest BCUT2D eigenvalue weighted by Gasteiger charge is -2.10. The maximum Gasteiger partial charge on any atom is 0.240 e. The molecule has 2 aromatic heterocycles. The predicted molar refractivity (Wildman–Crippen MR) is 107 cm³/mol. The van der Waals surface area contributed by atoms with Crippen molar-refractivity contribution in [3.8, 4) is 22.5 Å². The Morgan fingerprint density at radius 3 is 2.46 bits per heavy atom. The summed E-state index contributed by atoms with van der Waals surface area (Å²) in [5.41, 5.74) is 10.9. The summed E-state index contributed by atoms with van der Waals surface area (Å²) in [6, 6.07) is 14.0. The van der Waals surface area contributed by atoms with Crippen LogP contribution in [0.15, 0.2) is 48.8 Å². The van der Waals surface area contributed by atoms with E-state index in [2.05, 4.69) is 41.3 Å². The first-order chi connectivity index (χ1) is 12.7. The van der Waals surface area contributed by atoms with Crippen molar-refractivity contribution < 1.29 is 0 Å². The van der Waals surface area contributed by atoms with Crippen LogP contribution in [0.4, 0.5) is 5.95 Å². The molecule has 128 valence electrons. The summed E-state index contributed by atoms with van der Waals surface area (Å²) in [5, 5.41) is 10.4. The molecular weight excluding hydrogens is 343 g/mol. The number of nitrogen functional groups attached to an aromatic ring is 1. The maximum atomic E-state index is 5.80. The van der Waals surface area contributed by atoms with Crippen LogP contribution >= 0.6 is 9.24 Å². The van der Waals surface area contributed by atoms with E-state index in [0.717, 1.165) is 39.4 Å². The second-order valence-electron chi connectivity index (χ2n) is 5.90. The van der Waals surface area contributed by atoms with Crippen molar-refractivity contribution in [2.45, 2.75) is 13.3 Å². The topological polar surface area (TPSA) is 90.5 Å². The van der Waals surface area contributed by atoms with Gasteiger partial charge in [-0.05, 0) is 23.9 Å². The smallest absolute Gasteiger partial charge is 0.240 e. The highest BCUT2D eigenvalue weighted by atomic mass is 31.0. The van der Waals surface area contributed by atoms with Crippen molar-refractivity contribution in [1.82, 2.24) is 25.1 Å². The van der Waals surface area contributed by atoms with Gasteiger partial charge in [-0.3, -0.25) is 0 Å². The van der Waals surface area contributed by atoms with E-state index < -0.39 is 0 Å². The third-order valence-electron chi connectivity index (χ3n) is 4.21. The molecular formula is C19H17N6P. The van der Waals surface area contributed by atoms with Crippen LogP contribution in [0.3, 0.4) is 0 Å². The van der Waals surface area contributed by atoms with Gasteiger partial charge in [0.2, 0.25) is 5.95 Å². The van der Waals surface area contributed by atoms with Crippen LogP contribution in [0.2, 0.25) is 0 Å². The van der Waals surface area contributed by atoms with Crippen LogP contribution in [-0.2, 0) is 6.42 Å².